The Kier molecular flexibility index (Phi) is 6.20. The molecule has 1 rings (SSSR count). The molecule has 1 aromatic heterocycles. The van der Waals surface area contributed by atoms with Crippen molar-refractivity contribution in [2.45, 2.75) is 30.7 Å². The van der Waals surface area contributed by atoms with Crippen molar-refractivity contribution in [1.82, 2.24) is 0 Å². The van der Waals surface area contributed by atoms with Gasteiger partial charge in [-0.05, 0) is 18.9 Å². The molecule has 0 aromatic carbocycles. The van der Waals surface area contributed by atoms with Gasteiger partial charge in [0, 0.05) is 24.5 Å². The van der Waals surface area contributed by atoms with E-state index in [-0.39, 0.29) is 6.61 Å². The van der Waals surface area contributed by atoms with E-state index in [1.54, 1.807) is 17.8 Å². The Bertz CT molecular complexity index is 281. The van der Waals surface area contributed by atoms with Crippen LogP contribution in [0.4, 0.5) is 0 Å². The molecule has 1 aromatic rings. The summed E-state index contributed by atoms with van der Waals surface area (Å²) in [6.45, 7) is 0.284. The van der Waals surface area contributed by atoms with Crippen LogP contribution < -0.4 is 4.73 Å². The fourth-order valence-electron chi connectivity index (χ4n) is 1.27. The largest absolute Gasteiger partial charge is 0.618 e. The average molecular weight is 227 g/mol. The molecule has 0 aliphatic heterocycles. The smallest absolute Gasteiger partial charge is 0.251 e. The molecule has 0 saturated heterocycles. The summed E-state index contributed by atoms with van der Waals surface area (Å²) in [5.41, 5.74) is 0. The Labute approximate surface area is 94.7 Å². The first-order valence-corrected chi connectivity index (χ1v) is 6.25. The second kappa shape index (κ2) is 7.54. The first-order valence-electron chi connectivity index (χ1n) is 5.26. The zero-order valence-corrected chi connectivity index (χ0v) is 9.58. The minimum atomic E-state index is 0.284. The second-order valence-corrected chi connectivity index (χ2v) is 4.47. The van der Waals surface area contributed by atoms with Crippen molar-refractivity contribution in [3.63, 3.8) is 0 Å². The minimum absolute atomic E-state index is 0.284. The second-order valence-electron chi connectivity index (χ2n) is 3.35. The number of hydrogen-bond donors (Lipinski definition) is 1. The maximum absolute atomic E-state index is 11.2. The summed E-state index contributed by atoms with van der Waals surface area (Å²) in [5, 5.41) is 20.6. The van der Waals surface area contributed by atoms with E-state index in [2.05, 4.69) is 0 Å². The molecule has 84 valence electrons. The van der Waals surface area contributed by atoms with E-state index in [9.17, 15) is 5.21 Å². The lowest BCUT2D eigenvalue weighted by Crippen LogP contribution is -2.27. The van der Waals surface area contributed by atoms with E-state index >= 15 is 0 Å². The Morgan fingerprint density at radius 3 is 2.73 bits per heavy atom. The number of nitrogens with zero attached hydrogens (tertiary/aromatic N) is 1. The number of thioether (sulfide) groups is 1. The number of aromatic nitrogens is 1. The molecule has 1 heterocycles. The van der Waals surface area contributed by atoms with Gasteiger partial charge in [-0.15, -0.1) is 0 Å². The summed E-state index contributed by atoms with van der Waals surface area (Å²) >= 11 is 1.59. The van der Waals surface area contributed by atoms with Gasteiger partial charge in [-0.25, -0.2) is 0 Å². The quantitative estimate of drug-likeness (QED) is 0.335. The van der Waals surface area contributed by atoms with Gasteiger partial charge in [-0.2, -0.15) is 4.73 Å². The third-order valence-corrected chi connectivity index (χ3v) is 3.20. The van der Waals surface area contributed by atoms with Crippen LogP contribution in [0.2, 0.25) is 0 Å². The molecule has 0 bridgehead atoms. The molecule has 0 aliphatic rings. The van der Waals surface area contributed by atoms with Crippen LogP contribution in [0.25, 0.3) is 0 Å². The monoisotopic (exact) mass is 227 g/mol. The van der Waals surface area contributed by atoms with Crippen molar-refractivity contribution in [2.24, 2.45) is 0 Å². The Balaban J connectivity index is 2.12. The van der Waals surface area contributed by atoms with Gasteiger partial charge in [0.2, 0.25) is 0 Å². The van der Waals surface area contributed by atoms with Crippen molar-refractivity contribution in [3.05, 3.63) is 29.6 Å². The molecule has 3 nitrogen and oxygen atoms in total. The topological polar surface area (TPSA) is 47.2 Å². The van der Waals surface area contributed by atoms with Crippen LogP contribution >= 0.6 is 11.8 Å². The molecule has 0 fully saturated rings. The molecule has 0 spiro atoms. The Morgan fingerprint density at radius 2 is 2.00 bits per heavy atom. The number of aliphatic hydroxyl groups is 1. The van der Waals surface area contributed by atoms with Crippen LogP contribution in [0.15, 0.2) is 29.4 Å². The fraction of sp³-hybridized carbons (Fsp3) is 0.545. The zero-order chi connectivity index (χ0) is 10.9. The molecular weight excluding hydrogens is 210 g/mol. The molecular formula is C11H17NO2S. The maximum atomic E-state index is 11.2. The highest BCUT2D eigenvalue weighted by molar-refractivity contribution is 7.99. The number of unbranched alkanes of at least 4 members (excludes halogenated alkanes) is 3. The highest BCUT2D eigenvalue weighted by Gasteiger charge is 2.02. The summed E-state index contributed by atoms with van der Waals surface area (Å²) < 4.78 is 0.901. The minimum Gasteiger partial charge on any atom is -0.618 e. The highest BCUT2D eigenvalue weighted by atomic mass is 32.2. The molecule has 0 atom stereocenters. The van der Waals surface area contributed by atoms with Gasteiger partial charge in [0.15, 0.2) is 6.20 Å². The lowest BCUT2D eigenvalue weighted by molar-refractivity contribution is -0.645. The number of hydrogen-bond acceptors (Lipinski definition) is 3. The summed E-state index contributed by atoms with van der Waals surface area (Å²) in [6, 6.07) is 5.45. The molecule has 0 saturated carbocycles. The first kappa shape index (κ1) is 12.3. The molecule has 1 N–H and O–H groups in total. The highest BCUT2D eigenvalue weighted by Crippen LogP contribution is 2.15. The first-order chi connectivity index (χ1) is 7.34. The number of rotatable bonds is 7. The van der Waals surface area contributed by atoms with Crippen LogP contribution in [0.3, 0.4) is 0 Å². The van der Waals surface area contributed by atoms with Crippen LogP contribution in [-0.2, 0) is 0 Å². The van der Waals surface area contributed by atoms with Crippen LogP contribution in [-0.4, -0.2) is 17.5 Å². The van der Waals surface area contributed by atoms with Gasteiger partial charge in [0.1, 0.15) is 0 Å². The number of aliphatic hydroxyl groups excluding tert-OH is 1. The van der Waals surface area contributed by atoms with Gasteiger partial charge in [0.25, 0.3) is 5.03 Å². The lowest BCUT2D eigenvalue weighted by Gasteiger charge is -2.02. The average Bonchev–Trinajstić information content (AvgIpc) is 2.25. The van der Waals surface area contributed by atoms with E-state index in [1.165, 1.54) is 6.20 Å². The van der Waals surface area contributed by atoms with Gasteiger partial charge in [0.05, 0.1) is 0 Å². The number of pyridine rings is 1. The molecule has 0 aliphatic carbocycles. The van der Waals surface area contributed by atoms with Crippen molar-refractivity contribution >= 4 is 11.8 Å². The normalized spacial score (nSPS) is 10.5. The lowest BCUT2D eigenvalue weighted by atomic mass is 10.2. The Hall–Kier alpha value is -0.740. The van der Waals surface area contributed by atoms with Gasteiger partial charge >= 0.3 is 0 Å². The standard InChI is InChI=1S/C11H17NO2S/c13-9-5-1-2-6-10-15-11-7-3-4-8-12(11)14/h3-4,7-8,13H,1-2,5-6,9-10H2. The molecule has 0 unspecified atom stereocenters. The summed E-state index contributed by atoms with van der Waals surface area (Å²) in [7, 11) is 0. The SMILES string of the molecule is [O-][n+]1ccccc1SCCCCCCO. The van der Waals surface area contributed by atoms with Crippen LogP contribution in [0.5, 0.6) is 0 Å². The van der Waals surface area contributed by atoms with Crippen molar-refractivity contribution in [2.75, 3.05) is 12.4 Å². The molecule has 15 heavy (non-hydrogen) atoms. The van der Waals surface area contributed by atoms with Crippen molar-refractivity contribution in [1.29, 1.82) is 0 Å². The third-order valence-electron chi connectivity index (χ3n) is 2.09. The van der Waals surface area contributed by atoms with Crippen molar-refractivity contribution < 1.29 is 9.84 Å². The predicted octanol–water partition coefficient (Wildman–Crippen LogP) is 1.96. The van der Waals surface area contributed by atoms with E-state index in [0.717, 1.165) is 41.2 Å². The third kappa shape index (κ3) is 5.04. The van der Waals surface area contributed by atoms with Crippen LogP contribution in [0.1, 0.15) is 25.7 Å². The van der Waals surface area contributed by atoms with E-state index in [4.69, 9.17) is 5.11 Å². The van der Waals surface area contributed by atoms with Gasteiger partial charge in [-0.3, -0.25) is 0 Å². The fourth-order valence-corrected chi connectivity index (χ4v) is 2.19. The molecule has 0 radical (unpaired) electrons. The molecule has 4 heteroatoms. The van der Waals surface area contributed by atoms with E-state index < -0.39 is 0 Å². The summed E-state index contributed by atoms with van der Waals surface area (Å²) in [6.07, 6.45) is 5.70. The van der Waals surface area contributed by atoms with E-state index in [1.807, 2.05) is 12.1 Å². The van der Waals surface area contributed by atoms with Gasteiger partial charge in [-0.1, -0.05) is 24.6 Å². The van der Waals surface area contributed by atoms with Gasteiger partial charge < -0.3 is 10.3 Å². The zero-order valence-electron chi connectivity index (χ0n) is 8.76. The van der Waals surface area contributed by atoms with Crippen LogP contribution in [0, 0.1) is 5.21 Å². The molecule has 0 amide bonds. The van der Waals surface area contributed by atoms with E-state index in [0.29, 0.717) is 0 Å². The summed E-state index contributed by atoms with van der Waals surface area (Å²) in [5.74, 6) is 0.970. The van der Waals surface area contributed by atoms with Crippen molar-refractivity contribution in [3.8, 4) is 0 Å². The summed E-state index contributed by atoms with van der Waals surface area (Å²) in [4.78, 5) is 0. The predicted molar refractivity (Wildman–Crippen MR) is 61.7 cm³/mol. The Morgan fingerprint density at radius 1 is 1.20 bits per heavy atom. The maximum Gasteiger partial charge on any atom is 0.251 e.